The number of alkyl halides is 3. The van der Waals surface area contributed by atoms with E-state index in [2.05, 4.69) is 20.9 Å². The molecular weight excluding hydrogens is 469 g/mol. The van der Waals surface area contributed by atoms with E-state index in [1.54, 1.807) is 4.90 Å². The number of nitrogens with zero attached hydrogens (tertiary/aromatic N) is 2. The van der Waals surface area contributed by atoms with Crippen molar-refractivity contribution in [3.05, 3.63) is 22.3 Å². The van der Waals surface area contributed by atoms with Crippen LogP contribution in [0.25, 0.3) is 0 Å². The van der Waals surface area contributed by atoms with Gasteiger partial charge in [-0.15, -0.1) is 0 Å². The highest BCUT2D eigenvalue weighted by Crippen LogP contribution is 2.39. The van der Waals surface area contributed by atoms with Gasteiger partial charge in [0.15, 0.2) is 0 Å². The Kier molecular flexibility index (Phi) is 6.86. The molecule has 6 nitrogen and oxygen atoms in total. The number of piperidine rings is 1. The molecule has 2 fully saturated rings. The van der Waals surface area contributed by atoms with Crippen LogP contribution >= 0.6 is 15.9 Å². The molecule has 2 aliphatic rings. The van der Waals surface area contributed by atoms with Gasteiger partial charge >= 0.3 is 12.3 Å². The van der Waals surface area contributed by atoms with E-state index in [1.165, 1.54) is 6.20 Å². The maximum Gasteiger partial charge on any atom is 0.421 e. The van der Waals surface area contributed by atoms with Crippen LogP contribution in [0, 0.1) is 0 Å². The van der Waals surface area contributed by atoms with Crippen LogP contribution in [0.4, 0.5) is 18.0 Å². The van der Waals surface area contributed by atoms with Crippen LogP contribution in [0.15, 0.2) is 16.7 Å². The lowest BCUT2D eigenvalue weighted by Crippen LogP contribution is -2.46. The number of halogens is 4. The zero-order valence-corrected chi connectivity index (χ0v) is 18.8. The standard InChI is InChI=1S/C20H26BrF3N2O4/c1-19(2,3)30-18(27)26-6-4-13(5-7-26)28-14-9-15(10-14)29-17-16(20(22,23)24)8-12(21)11-25-17/h8,11,13-15H,4-7,9-10H2,1-3H3. The summed E-state index contributed by atoms with van der Waals surface area (Å²) in [6.45, 7) is 6.61. The second-order valence-electron chi connectivity index (χ2n) is 8.64. The predicted octanol–water partition coefficient (Wildman–Crippen LogP) is 5.19. The molecule has 1 saturated heterocycles. The monoisotopic (exact) mass is 494 g/mol. The molecule has 3 rings (SSSR count). The predicted molar refractivity (Wildman–Crippen MR) is 106 cm³/mol. The van der Waals surface area contributed by atoms with Crippen molar-refractivity contribution in [1.29, 1.82) is 0 Å². The molecule has 1 aromatic heterocycles. The molecule has 1 aliphatic heterocycles. The van der Waals surface area contributed by atoms with Gasteiger partial charge in [0.2, 0.25) is 5.88 Å². The lowest BCUT2D eigenvalue weighted by atomic mass is 9.91. The summed E-state index contributed by atoms with van der Waals surface area (Å²) in [5.41, 5.74) is -1.42. The van der Waals surface area contributed by atoms with Crippen LogP contribution in [0.3, 0.4) is 0 Å². The summed E-state index contributed by atoms with van der Waals surface area (Å²) >= 11 is 3.01. The first-order valence-corrected chi connectivity index (χ1v) is 10.7. The second-order valence-corrected chi connectivity index (χ2v) is 9.56. The van der Waals surface area contributed by atoms with E-state index in [9.17, 15) is 18.0 Å². The van der Waals surface area contributed by atoms with Crippen LogP contribution in [0.5, 0.6) is 5.88 Å². The van der Waals surface area contributed by atoms with E-state index in [0.717, 1.165) is 6.07 Å². The average Bonchev–Trinajstić information content (AvgIpc) is 2.59. The van der Waals surface area contributed by atoms with Crippen LogP contribution in [-0.4, -0.2) is 53.0 Å². The molecule has 0 unspecified atom stereocenters. The molecular formula is C20H26BrF3N2O4. The first-order chi connectivity index (χ1) is 13.9. The van der Waals surface area contributed by atoms with Gasteiger partial charge in [-0.05, 0) is 55.6 Å². The number of hydrogen-bond donors (Lipinski definition) is 0. The molecule has 30 heavy (non-hydrogen) atoms. The number of likely N-dealkylation sites (tertiary alicyclic amines) is 1. The Balaban J connectivity index is 1.42. The molecule has 1 aromatic rings. The summed E-state index contributed by atoms with van der Waals surface area (Å²) in [7, 11) is 0. The highest BCUT2D eigenvalue weighted by Gasteiger charge is 2.39. The van der Waals surface area contributed by atoms with Crippen molar-refractivity contribution in [1.82, 2.24) is 9.88 Å². The van der Waals surface area contributed by atoms with Crippen LogP contribution in [0.2, 0.25) is 0 Å². The van der Waals surface area contributed by atoms with Gasteiger partial charge < -0.3 is 19.1 Å². The smallest absolute Gasteiger partial charge is 0.421 e. The Bertz CT molecular complexity index is 755. The lowest BCUT2D eigenvalue weighted by Gasteiger charge is -2.40. The molecule has 2 heterocycles. The molecule has 1 amide bonds. The van der Waals surface area contributed by atoms with Crippen molar-refractivity contribution in [3.63, 3.8) is 0 Å². The number of pyridine rings is 1. The van der Waals surface area contributed by atoms with Gasteiger partial charge in [-0.3, -0.25) is 0 Å². The number of aromatic nitrogens is 1. The van der Waals surface area contributed by atoms with Crippen molar-refractivity contribution in [2.45, 2.75) is 76.5 Å². The van der Waals surface area contributed by atoms with E-state index in [4.69, 9.17) is 14.2 Å². The van der Waals surface area contributed by atoms with Crippen LogP contribution in [0.1, 0.15) is 52.0 Å². The SMILES string of the molecule is CC(C)(C)OC(=O)N1CCC(OC2CC(Oc3ncc(Br)cc3C(F)(F)F)C2)CC1. The molecule has 0 spiro atoms. The fourth-order valence-corrected chi connectivity index (χ4v) is 3.71. The highest BCUT2D eigenvalue weighted by atomic mass is 79.9. The normalized spacial score (nSPS) is 23.1. The number of ether oxygens (including phenoxy) is 3. The quantitative estimate of drug-likeness (QED) is 0.576. The number of hydrogen-bond acceptors (Lipinski definition) is 5. The van der Waals surface area contributed by atoms with Crippen molar-refractivity contribution >= 4 is 22.0 Å². The lowest BCUT2D eigenvalue weighted by molar-refractivity contribution is -0.142. The Morgan fingerprint density at radius 1 is 1.13 bits per heavy atom. The topological polar surface area (TPSA) is 60.9 Å². The molecule has 0 aromatic carbocycles. The zero-order chi connectivity index (χ0) is 22.1. The Labute approximate surface area is 182 Å². The number of rotatable bonds is 4. The summed E-state index contributed by atoms with van der Waals surface area (Å²) in [6.07, 6.45) is -1.52. The summed E-state index contributed by atoms with van der Waals surface area (Å²) in [5, 5.41) is 0. The van der Waals surface area contributed by atoms with E-state index in [0.29, 0.717) is 38.8 Å². The van der Waals surface area contributed by atoms with Crippen molar-refractivity contribution in [2.24, 2.45) is 0 Å². The maximum atomic E-state index is 13.2. The molecule has 0 radical (unpaired) electrons. The summed E-state index contributed by atoms with van der Waals surface area (Å²) in [6, 6.07) is 0.966. The molecule has 0 bridgehead atoms. The minimum Gasteiger partial charge on any atom is -0.474 e. The van der Waals surface area contributed by atoms with E-state index < -0.39 is 23.2 Å². The third-order valence-electron chi connectivity index (χ3n) is 4.93. The number of carbonyl (C=O) groups is 1. The summed E-state index contributed by atoms with van der Waals surface area (Å²) < 4.78 is 56.6. The van der Waals surface area contributed by atoms with Gasteiger partial charge in [0.05, 0.1) is 12.2 Å². The number of carbonyl (C=O) groups excluding carboxylic acids is 1. The van der Waals surface area contributed by atoms with Gasteiger partial charge in [-0.2, -0.15) is 13.2 Å². The fourth-order valence-electron chi connectivity index (χ4n) is 3.38. The van der Waals surface area contributed by atoms with Crippen LogP contribution < -0.4 is 4.74 Å². The number of amides is 1. The van der Waals surface area contributed by atoms with Gasteiger partial charge in [0.25, 0.3) is 0 Å². The first kappa shape index (κ1) is 23.1. The third kappa shape index (κ3) is 6.23. The molecule has 0 atom stereocenters. The molecule has 1 saturated carbocycles. The van der Waals surface area contributed by atoms with E-state index >= 15 is 0 Å². The van der Waals surface area contributed by atoms with Crippen molar-refractivity contribution in [2.75, 3.05) is 13.1 Å². The minimum absolute atomic E-state index is 0.0196. The Morgan fingerprint density at radius 2 is 1.77 bits per heavy atom. The van der Waals surface area contributed by atoms with Gasteiger partial charge in [-0.1, -0.05) is 0 Å². The van der Waals surface area contributed by atoms with Crippen LogP contribution in [-0.2, 0) is 15.7 Å². The van der Waals surface area contributed by atoms with E-state index in [-0.39, 0.29) is 28.9 Å². The first-order valence-electron chi connectivity index (χ1n) is 9.93. The maximum absolute atomic E-state index is 13.2. The summed E-state index contributed by atoms with van der Waals surface area (Å²) in [5.74, 6) is -0.403. The highest BCUT2D eigenvalue weighted by molar-refractivity contribution is 9.10. The average molecular weight is 495 g/mol. The summed E-state index contributed by atoms with van der Waals surface area (Å²) in [4.78, 5) is 17.6. The Hall–Kier alpha value is -1.55. The van der Waals surface area contributed by atoms with Gasteiger partial charge in [-0.25, -0.2) is 9.78 Å². The molecule has 0 N–H and O–H groups in total. The van der Waals surface area contributed by atoms with E-state index in [1.807, 2.05) is 20.8 Å². The molecule has 168 valence electrons. The largest absolute Gasteiger partial charge is 0.474 e. The molecule has 1 aliphatic carbocycles. The van der Waals surface area contributed by atoms with Gasteiger partial charge in [0, 0.05) is 36.6 Å². The van der Waals surface area contributed by atoms with Crippen molar-refractivity contribution < 1.29 is 32.2 Å². The second kappa shape index (κ2) is 8.90. The molecule has 10 heteroatoms. The zero-order valence-electron chi connectivity index (χ0n) is 17.2. The minimum atomic E-state index is -4.53. The Morgan fingerprint density at radius 3 is 2.33 bits per heavy atom. The third-order valence-corrected chi connectivity index (χ3v) is 5.37. The van der Waals surface area contributed by atoms with Crippen molar-refractivity contribution in [3.8, 4) is 5.88 Å². The van der Waals surface area contributed by atoms with Gasteiger partial charge in [0.1, 0.15) is 17.3 Å². The fraction of sp³-hybridized carbons (Fsp3) is 0.700.